The SMILES string of the molecule is Cc1nc2cc(NS(=O)(=O)c3ccc(F)c(Cl)c3)ccc2o1. The van der Waals surface area contributed by atoms with Crippen LogP contribution < -0.4 is 4.72 Å². The van der Waals surface area contributed by atoms with Crippen molar-refractivity contribution in [3.8, 4) is 0 Å². The molecule has 0 atom stereocenters. The number of rotatable bonds is 3. The minimum atomic E-state index is -3.87. The van der Waals surface area contributed by atoms with Gasteiger partial charge in [0.05, 0.1) is 15.6 Å². The van der Waals surface area contributed by atoms with E-state index in [1.54, 1.807) is 25.1 Å². The minimum absolute atomic E-state index is 0.129. The molecule has 0 saturated carbocycles. The highest BCUT2D eigenvalue weighted by Crippen LogP contribution is 2.24. The molecule has 0 spiro atoms. The average molecular weight is 341 g/mol. The molecule has 0 aliphatic heterocycles. The third-order valence-corrected chi connectivity index (χ3v) is 4.62. The lowest BCUT2D eigenvalue weighted by atomic mass is 10.3. The van der Waals surface area contributed by atoms with Crippen LogP contribution in [-0.2, 0) is 10.0 Å². The quantitative estimate of drug-likeness (QED) is 0.788. The van der Waals surface area contributed by atoms with Crippen molar-refractivity contribution in [3.63, 3.8) is 0 Å². The summed E-state index contributed by atoms with van der Waals surface area (Å²) in [7, 11) is -3.87. The van der Waals surface area contributed by atoms with Gasteiger partial charge in [-0.1, -0.05) is 11.6 Å². The summed E-state index contributed by atoms with van der Waals surface area (Å²) >= 11 is 5.61. The van der Waals surface area contributed by atoms with Crippen LogP contribution in [0.3, 0.4) is 0 Å². The summed E-state index contributed by atoms with van der Waals surface area (Å²) in [6, 6.07) is 7.91. The zero-order valence-electron chi connectivity index (χ0n) is 11.3. The van der Waals surface area contributed by atoms with Crippen LogP contribution in [0, 0.1) is 12.7 Å². The van der Waals surface area contributed by atoms with Crippen LogP contribution in [0.25, 0.3) is 11.1 Å². The second-order valence-corrected chi connectivity index (χ2v) is 6.69. The number of anilines is 1. The molecular formula is C14H10ClFN2O3S. The molecule has 0 aliphatic rings. The lowest BCUT2D eigenvalue weighted by molar-refractivity contribution is 0.561. The van der Waals surface area contributed by atoms with Crippen molar-refractivity contribution in [1.82, 2.24) is 4.98 Å². The number of benzene rings is 2. The Kier molecular flexibility index (Phi) is 3.54. The molecule has 8 heteroatoms. The molecule has 0 amide bonds. The van der Waals surface area contributed by atoms with E-state index in [9.17, 15) is 12.8 Å². The van der Waals surface area contributed by atoms with E-state index in [-0.39, 0.29) is 9.92 Å². The van der Waals surface area contributed by atoms with Crippen molar-refractivity contribution in [2.24, 2.45) is 0 Å². The summed E-state index contributed by atoms with van der Waals surface area (Å²) in [5, 5.41) is -0.259. The Morgan fingerprint density at radius 2 is 2.00 bits per heavy atom. The van der Waals surface area contributed by atoms with E-state index in [2.05, 4.69) is 9.71 Å². The van der Waals surface area contributed by atoms with Crippen molar-refractivity contribution >= 4 is 38.4 Å². The predicted octanol–water partition coefficient (Wildman–Crippen LogP) is 3.73. The minimum Gasteiger partial charge on any atom is -0.441 e. The van der Waals surface area contributed by atoms with Crippen LogP contribution in [0.5, 0.6) is 0 Å². The summed E-state index contributed by atoms with van der Waals surface area (Å²) in [6.45, 7) is 1.70. The monoisotopic (exact) mass is 340 g/mol. The number of hydrogen-bond donors (Lipinski definition) is 1. The summed E-state index contributed by atoms with van der Waals surface area (Å²) < 4.78 is 45.4. The summed E-state index contributed by atoms with van der Waals surface area (Å²) in [5.41, 5.74) is 1.42. The number of fused-ring (bicyclic) bond motifs is 1. The van der Waals surface area contributed by atoms with Gasteiger partial charge >= 0.3 is 0 Å². The molecule has 0 unspecified atom stereocenters. The van der Waals surface area contributed by atoms with E-state index in [0.717, 1.165) is 18.2 Å². The lowest BCUT2D eigenvalue weighted by Crippen LogP contribution is -2.13. The molecule has 0 bridgehead atoms. The van der Waals surface area contributed by atoms with Crippen molar-refractivity contribution in [2.45, 2.75) is 11.8 Å². The zero-order valence-corrected chi connectivity index (χ0v) is 12.9. The Morgan fingerprint density at radius 3 is 2.73 bits per heavy atom. The number of aromatic nitrogens is 1. The van der Waals surface area contributed by atoms with Crippen molar-refractivity contribution in [2.75, 3.05) is 4.72 Å². The molecule has 2 aromatic carbocycles. The molecule has 114 valence electrons. The Labute approximate surface area is 130 Å². The molecule has 22 heavy (non-hydrogen) atoms. The highest BCUT2D eigenvalue weighted by atomic mass is 35.5. The molecule has 0 fully saturated rings. The van der Waals surface area contributed by atoms with Gasteiger partial charge in [-0.25, -0.2) is 17.8 Å². The van der Waals surface area contributed by atoms with Crippen molar-refractivity contribution in [1.29, 1.82) is 0 Å². The highest BCUT2D eigenvalue weighted by molar-refractivity contribution is 7.92. The molecule has 1 N–H and O–H groups in total. The number of nitrogens with one attached hydrogen (secondary N) is 1. The maximum atomic E-state index is 13.1. The van der Waals surface area contributed by atoms with E-state index < -0.39 is 15.8 Å². The van der Waals surface area contributed by atoms with Gasteiger partial charge in [-0.05, 0) is 36.4 Å². The smallest absolute Gasteiger partial charge is 0.261 e. The zero-order chi connectivity index (χ0) is 15.9. The third kappa shape index (κ3) is 2.77. The van der Waals surface area contributed by atoms with E-state index >= 15 is 0 Å². The Hall–Kier alpha value is -2.12. The van der Waals surface area contributed by atoms with Crippen LogP contribution >= 0.6 is 11.6 Å². The van der Waals surface area contributed by atoms with Gasteiger partial charge < -0.3 is 4.42 Å². The van der Waals surface area contributed by atoms with E-state index in [1.165, 1.54) is 0 Å². The van der Waals surface area contributed by atoms with Gasteiger partial charge in [0.25, 0.3) is 10.0 Å². The van der Waals surface area contributed by atoms with Gasteiger partial charge in [-0.3, -0.25) is 4.72 Å². The Balaban J connectivity index is 1.96. The summed E-state index contributed by atoms with van der Waals surface area (Å²) in [5.74, 6) is -0.194. The highest BCUT2D eigenvalue weighted by Gasteiger charge is 2.16. The molecule has 0 radical (unpaired) electrons. The molecule has 3 aromatic rings. The van der Waals surface area contributed by atoms with Crippen LogP contribution in [0.2, 0.25) is 5.02 Å². The van der Waals surface area contributed by atoms with Gasteiger partial charge in [0.15, 0.2) is 11.5 Å². The van der Waals surface area contributed by atoms with Gasteiger partial charge in [0.1, 0.15) is 11.3 Å². The Bertz CT molecular complexity index is 969. The fourth-order valence-electron chi connectivity index (χ4n) is 1.96. The number of sulfonamides is 1. The molecule has 1 heterocycles. The third-order valence-electron chi connectivity index (χ3n) is 2.95. The van der Waals surface area contributed by atoms with Gasteiger partial charge in [-0.2, -0.15) is 0 Å². The van der Waals surface area contributed by atoms with Gasteiger partial charge in [0, 0.05) is 6.92 Å². The second-order valence-electron chi connectivity index (χ2n) is 4.60. The first-order valence-corrected chi connectivity index (χ1v) is 8.06. The first-order valence-electron chi connectivity index (χ1n) is 6.20. The van der Waals surface area contributed by atoms with Gasteiger partial charge in [-0.15, -0.1) is 0 Å². The molecule has 1 aromatic heterocycles. The fraction of sp³-hybridized carbons (Fsp3) is 0.0714. The van der Waals surface area contributed by atoms with Crippen LogP contribution in [0.1, 0.15) is 5.89 Å². The topological polar surface area (TPSA) is 72.2 Å². The van der Waals surface area contributed by atoms with Crippen molar-refractivity contribution in [3.05, 3.63) is 53.1 Å². The summed E-state index contributed by atoms with van der Waals surface area (Å²) in [4.78, 5) is 4.00. The molecule has 3 rings (SSSR count). The van der Waals surface area contributed by atoms with Crippen LogP contribution in [0.15, 0.2) is 45.7 Å². The lowest BCUT2D eigenvalue weighted by Gasteiger charge is -2.08. The number of oxazole rings is 1. The largest absolute Gasteiger partial charge is 0.441 e. The number of hydrogen-bond acceptors (Lipinski definition) is 4. The predicted molar refractivity (Wildman–Crippen MR) is 81.0 cm³/mol. The molecule has 0 aliphatic carbocycles. The first kappa shape index (κ1) is 14.8. The number of aryl methyl sites for hydroxylation is 1. The molecule has 0 saturated heterocycles. The summed E-state index contributed by atoms with van der Waals surface area (Å²) in [6.07, 6.45) is 0. The van der Waals surface area contributed by atoms with Crippen LogP contribution in [0.4, 0.5) is 10.1 Å². The standard InChI is InChI=1S/C14H10ClFN2O3S/c1-8-17-13-6-9(2-5-14(13)21-8)18-22(19,20)10-3-4-12(16)11(15)7-10/h2-7,18H,1H3. The van der Waals surface area contributed by atoms with Crippen molar-refractivity contribution < 1.29 is 17.2 Å². The second kappa shape index (κ2) is 5.26. The molecule has 5 nitrogen and oxygen atoms in total. The fourth-order valence-corrected chi connectivity index (χ4v) is 3.28. The van der Waals surface area contributed by atoms with E-state index in [4.69, 9.17) is 16.0 Å². The normalized spacial score (nSPS) is 11.8. The average Bonchev–Trinajstić information content (AvgIpc) is 2.80. The van der Waals surface area contributed by atoms with Gasteiger partial charge in [0.2, 0.25) is 0 Å². The first-order chi connectivity index (χ1) is 10.3. The Morgan fingerprint density at radius 1 is 1.23 bits per heavy atom. The van der Waals surface area contributed by atoms with E-state index in [0.29, 0.717) is 22.7 Å². The maximum absolute atomic E-state index is 13.1. The number of nitrogens with zero attached hydrogens (tertiary/aromatic N) is 1. The maximum Gasteiger partial charge on any atom is 0.261 e. The van der Waals surface area contributed by atoms with Crippen LogP contribution in [-0.4, -0.2) is 13.4 Å². The van der Waals surface area contributed by atoms with E-state index in [1.807, 2.05) is 0 Å². The number of halogens is 2. The molecular weight excluding hydrogens is 331 g/mol.